The summed E-state index contributed by atoms with van der Waals surface area (Å²) in [5, 5.41) is 2.73. The summed E-state index contributed by atoms with van der Waals surface area (Å²) in [5.74, 6) is -0.100. The molecule has 1 amide bonds. The van der Waals surface area contributed by atoms with Crippen LogP contribution in [0.25, 0.3) is 0 Å². The fourth-order valence-corrected chi connectivity index (χ4v) is 1.94. The minimum absolute atomic E-state index is 0.250. The fraction of sp³-hybridized carbons (Fsp3) is 0.562. The Morgan fingerprint density at radius 1 is 1.30 bits per heavy atom. The van der Waals surface area contributed by atoms with Gasteiger partial charge in [-0.25, -0.2) is 14.6 Å². The van der Waals surface area contributed by atoms with Crippen molar-refractivity contribution in [2.24, 2.45) is 0 Å². The van der Waals surface area contributed by atoms with Gasteiger partial charge >= 0.3 is 12.1 Å². The number of ether oxygens (including phenoxy) is 3. The van der Waals surface area contributed by atoms with Crippen LogP contribution >= 0.6 is 0 Å². The molecule has 0 spiro atoms. The van der Waals surface area contributed by atoms with Crippen LogP contribution in [0.15, 0.2) is 12.3 Å². The van der Waals surface area contributed by atoms with E-state index in [1.165, 1.54) is 20.4 Å². The molecule has 1 heterocycles. The highest BCUT2D eigenvalue weighted by atomic mass is 16.6. The predicted octanol–water partition coefficient (Wildman–Crippen LogP) is 2.33. The second-order valence-electron chi connectivity index (χ2n) is 6.13. The maximum absolute atomic E-state index is 11.8. The number of rotatable bonds is 5. The number of hydrogen-bond acceptors (Lipinski definition) is 6. The zero-order chi connectivity index (χ0) is 17.6. The molecule has 1 unspecified atom stereocenters. The van der Waals surface area contributed by atoms with Gasteiger partial charge in [0.2, 0.25) is 5.88 Å². The molecule has 0 radical (unpaired) electrons. The average molecular weight is 324 g/mol. The number of esters is 1. The summed E-state index contributed by atoms with van der Waals surface area (Å²) in [6.45, 7) is 7.19. The lowest BCUT2D eigenvalue weighted by atomic mass is 10.0. The summed E-state index contributed by atoms with van der Waals surface area (Å²) in [5.41, 5.74) is 0.444. The number of alkyl carbamates (subject to hydrolysis) is 1. The molecule has 0 saturated carbocycles. The molecule has 23 heavy (non-hydrogen) atoms. The number of nitrogens with one attached hydrogen (secondary N) is 1. The number of carbonyl (C=O) groups is 2. The number of nitrogens with zero attached hydrogens (tertiary/aromatic N) is 1. The van der Waals surface area contributed by atoms with E-state index in [1.54, 1.807) is 26.8 Å². The molecular formula is C16H24N2O5. The Balaban J connectivity index is 2.85. The molecule has 0 aliphatic carbocycles. The Bertz CT molecular complexity index is 566. The average Bonchev–Trinajstić information content (AvgIpc) is 2.43. The second kappa shape index (κ2) is 7.80. The van der Waals surface area contributed by atoms with Gasteiger partial charge in [0.1, 0.15) is 5.60 Å². The van der Waals surface area contributed by atoms with Crippen LogP contribution < -0.4 is 10.1 Å². The number of amides is 1. The Hall–Kier alpha value is -2.31. The Labute approximate surface area is 136 Å². The van der Waals surface area contributed by atoms with Gasteiger partial charge in [-0.05, 0) is 39.7 Å². The number of pyridine rings is 1. The Morgan fingerprint density at radius 2 is 1.96 bits per heavy atom. The van der Waals surface area contributed by atoms with Crippen molar-refractivity contribution in [2.45, 2.75) is 45.8 Å². The van der Waals surface area contributed by atoms with Crippen LogP contribution in [0.5, 0.6) is 5.88 Å². The van der Waals surface area contributed by atoms with Crippen LogP contribution in [-0.2, 0) is 15.9 Å². The van der Waals surface area contributed by atoms with E-state index < -0.39 is 17.7 Å². The van der Waals surface area contributed by atoms with E-state index in [0.717, 1.165) is 0 Å². The molecule has 1 N–H and O–H groups in total. The largest absolute Gasteiger partial charge is 0.481 e. The maximum Gasteiger partial charge on any atom is 0.407 e. The molecule has 1 aromatic heterocycles. The molecule has 1 rings (SSSR count). The molecule has 1 aromatic rings. The molecule has 0 aliphatic rings. The summed E-state index contributed by atoms with van der Waals surface area (Å²) in [6, 6.07) is 1.40. The summed E-state index contributed by atoms with van der Waals surface area (Å²) in [4.78, 5) is 27.6. The van der Waals surface area contributed by atoms with Gasteiger partial charge in [0, 0.05) is 18.3 Å². The van der Waals surface area contributed by atoms with Crippen LogP contribution in [0.2, 0.25) is 0 Å². The van der Waals surface area contributed by atoms with E-state index >= 15 is 0 Å². The van der Waals surface area contributed by atoms with Crippen LogP contribution in [-0.4, -0.2) is 42.9 Å². The fourth-order valence-electron chi connectivity index (χ4n) is 1.94. The summed E-state index contributed by atoms with van der Waals surface area (Å²) in [7, 11) is 2.80. The Morgan fingerprint density at radius 3 is 2.48 bits per heavy atom. The van der Waals surface area contributed by atoms with Crippen molar-refractivity contribution in [3.8, 4) is 5.88 Å². The highest BCUT2D eigenvalue weighted by Crippen LogP contribution is 2.17. The lowest BCUT2D eigenvalue weighted by molar-refractivity contribution is 0.0508. The van der Waals surface area contributed by atoms with Crippen molar-refractivity contribution >= 4 is 12.1 Å². The highest BCUT2D eigenvalue weighted by molar-refractivity contribution is 5.90. The van der Waals surface area contributed by atoms with E-state index in [4.69, 9.17) is 14.2 Å². The topological polar surface area (TPSA) is 86.8 Å². The number of carbonyl (C=O) groups excluding carboxylic acids is 2. The Kier molecular flexibility index (Phi) is 6.36. The van der Waals surface area contributed by atoms with Gasteiger partial charge in [-0.15, -0.1) is 0 Å². The number of aromatic nitrogens is 1. The van der Waals surface area contributed by atoms with Crippen molar-refractivity contribution in [1.29, 1.82) is 0 Å². The lowest BCUT2D eigenvalue weighted by Crippen LogP contribution is -2.38. The van der Waals surface area contributed by atoms with Crippen molar-refractivity contribution in [2.75, 3.05) is 14.2 Å². The van der Waals surface area contributed by atoms with E-state index in [9.17, 15) is 9.59 Å². The van der Waals surface area contributed by atoms with E-state index in [0.29, 0.717) is 23.4 Å². The smallest absolute Gasteiger partial charge is 0.407 e. The molecule has 0 aliphatic heterocycles. The first-order chi connectivity index (χ1) is 10.7. The SMILES string of the molecule is COC(=O)c1cnc(OC)cc1CC(C)NC(=O)OC(C)(C)C. The molecule has 0 fully saturated rings. The summed E-state index contributed by atoms with van der Waals surface area (Å²) in [6.07, 6.45) is 1.30. The van der Waals surface area contributed by atoms with Crippen LogP contribution in [0.4, 0.5) is 4.79 Å². The van der Waals surface area contributed by atoms with Crippen molar-refractivity contribution in [3.63, 3.8) is 0 Å². The van der Waals surface area contributed by atoms with Gasteiger partial charge in [-0.2, -0.15) is 0 Å². The van der Waals surface area contributed by atoms with Gasteiger partial charge in [0.25, 0.3) is 0 Å². The van der Waals surface area contributed by atoms with Crippen LogP contribution in [0.1, 0.15) is 43.6 Å². The number of hydrogen-bond donors (Lipinski definition) is 1. The van der Waals surface area contributed by atoms with E-state index in [2.05, 4.69) is 10.3 Å². The first-order valence-electron chi connectivity index (χ1n) is 7.27. The molecule has 1 atom stereocenters. The third kappa shape index (κ3) is 6.14. The quantitative estimate of drug-likeness (QED) is 0.837. The molecular weight excluding hydrogens is 300 g/mol. The predicted molar refractivity (Wildman–Crippen MR) is 84.7 cm³/mol. The first kappa shape index (κ1) is 18.7. The zero-order valence-corrected chi connectivity index (χ0v) is 14.4. The van der Waals surface area contributed by atoms with Crippen molar-refractivity contribution < 1.29 is 23.8 Å². The summed E-state index contributed by atoms with van der Waals surface area (Å²) < 4.78 is 15.0. The normalized spacial score (nSPS) is 12.3. The minimum atomic E-state index is -0.569. The van der Waals surface area contributed by atoms with Gasteiger partial charge in [-0.1, -0.05) is 0 Å². The maximum atomic E-state index is 11.8. The molecule has 0 bridgehead atoms. The molecule has 7 heteroatoms. The lowest BCUT2D eigenvalue weighted by Gasteiger charge is -2.22. The number of methoxy groups -OCH3 is 2. The third-order valence-electron chi connectivity index (χ3n) is 2.87. The van der Waals surface area contributed by atoms with Gasteiger partial charge in [0.05, 0.1) is 19.8 Å². The highest BCUT2D eigenvalue weighted by Gasteiger charge is 2.20. The summed E-state index contributed by atoms with van der Waals surface area (Å²) >= 11 is 0. The van der Waals surface area contributed by atoms with Gasteiger partial charge in [0.15, 0.2) is 0 Å². The van der Waals surface area contributed by atoms with Gasteiger partial charge in [-0.3, -0.25) is 0 Å². The van der Waals surface area contributed by atoms with Crippen molar-refractivity contribution in [1.82, 2.24) is 10.3 Å². The van der Waals surface area contributed by atoms with E-state index in [-0.39, 0.29) is 6.04 Å². The second-order valence-corrected chi connectivity index (χ2v) is 6.13. The molecule has 0 aromatic carbocycles. The minimum Gasteiger partial charge on any atom is -0.481 e. The zero-order valence-electron chi connectivity index (χ0n) is 14.4. The third-order valence-corrected chi connectivity index (χ3v) is 2.87. The molecule has 0 saturated heterocycles. The van der Waals surface area contributed by atoms with Crippen molar-refractivity contribution in [3.05, 3.63) is 23.4 Å². The van der Waals surface area contributed by atoms with Crippen LogP contribution in [0.3, 0.4) is 0 Å². The first-order valence-corrected chi connectivity index (χ1v) is 7.27. The van der Waals surface area contributed by atoms with Gasteiger partial charge < -0.3 is 19.5 Å². The molecule has 128 valence electrons. The van der Waals surface area contributed by atoms with E-state index in [1.807, 2.05) is 6.92 Å². The monoisotopic (exact) mass is 324 g/mol. The van der Waals surface area contributed by atoms with Crippen LogP contribution in [0, 0.1) is 0 Å². The standard InChI is InChI=1S/C16H24N2O5/c1-10(18-15(20)23-16(2,3)4)7-11-8-13(21-5)17-9-12(11)14(19)22-6/h8-10H,7H2,1-6H3,(H,18,20). The molecule has 7 nitrogen and oxygen atoms in total.